The zero-order valence-corrected chi connectivity index (χ0v) is 17.5. The number of carbonyl (C=O) groups excluding carboxylic acids is 1. The van der Waals surface area contributed by atoms with E-state index in [1.807, 2.05) is 11.3 Å². The van der Waals surface area contributed by atoms with Crippen molar-refractivity contribution < 1.29 is 4.79 Å². The van der Waals surface area contributed by atoms with Crippen molar-refractivity contribution in [1.29, 1.82) is 5.26 Å². The molecule has 5 heteroatoms. The molecule has 2 heterocycles. The topological polar surface area (TPSA) is 47.3 Å². The first-order valence-electron chi connectivity index (χ1n) is 10.3. The molecule has 0 atom stereocenters. The lowest BCUT2D eigenvalue weighted by Gasteiger charge is -2.48. The van der Waals surface area contributed by atoms with Crippen LogP contribution in [0.3, 0.4) is 0 Å². The van der Waals surface area contributed by atoms with E-state index in [0.717, 1.165) is 38.8 Å². The fourth-order valence-electron chi connectivity index (χ4n) is 5.28. The van der Waals surface area contributed by atoms with Crippen molar-refractivity contribution in [3.63, 3.8) is 0 Å². The first kappa shape index (κ1) is 19.0. The van der Waals surface area contributed by atoms with E-state index in [4.69, 9.17) is 0 Å². The van der Waals surface area contributed by atoms with Crippen molar-refractivity contribution >= 4 is 17.2 Å². The highest BCUT2D eigenvalue weighted by atomic mass is 32.1. The standard InChI is InChI=1S/C22H31N3OS/c1-24(2)22(18-4-3-15-27-18)11-9-21(10-12-22)13-14-25(17-21)19(26)5-6-20(16-23)7-8-20/h3-4,15H,5-14,17H2,1-2H3. The highest BCUT2D eigenvalue weighted by Crippen LogP contribution is 2.53. The Morgan fingerprint density at radius 2 is 1.96 bits per heavy atom. The van der Waals surface area contributed by atoms with Gasteiger partial charge in [-0.15, -0.1) is 11.3 Å². The van der Waals surface area contributed by atoms with Gasteiger partial charge in [0, 0.05) is 24.4 Å². The van der Waals surface area contributed by atoms with Gasteiger partial charge in [-0.25, -0.2) is 0 Å². The lowest BCUT2D eigenvalue weighted by molar-refractivity contribution is -0.131. The van der Waals surface area contributed by atoms with E-state index < -0.39 is 0 Å². The Labute approximate surface area is 167 Å². The van der Waals surface area contributed by atoms with E-state index in [2.05, 4.69) is 47.5 Å². The van der Waals surface area contributed by atoms with Gasteiger partial charge in [-0.2, -0.15) is 5.26 Å². The average molecular weight is 386 g/mol. The van der Waals surface area contributed by atoms with Crippen molar-refractivity contribution in [1.82, 2.24) is 9.80 Å². The van der Waals surface area contributed by atoms with Gasteiger partial charge < -0.3 is 4.90 Å². The van der Waals surface area contributed by atoms with Crippen molar-refractivity contribution in [2.75, 3.05) is 27.2 Å². The van der Waals surface area contributed by atoms with Gasteiger partial charge in [-0.1, -0.05) is 6.07 Å². The van der Waals surface area contributed by atoms with Crippen LogP contribution >= 0.6 is 11.3 Å². The van der Waals surface area contributed by atoms with E-state index in [1.54, 1.807) is 0 Å². The van der Waals surface area contributed by atoms with E-state index >= 15 is 0 Å². The molecular formula is C22H31N3OS. The molecule has 27 heavy (non-hydrogen) atoms. The number of nitrogens with zero attached hydrogens (tertiary/aromatic N) is 3. The fourth-order valence-corrected chi connectivity index (χ4v) is 6.35. The second-order valence-corrected chi connectivity index (χ2v) is 10.3. The van der Waals surface area contributed by atoms with Crippen molar-refractivity contribution in [3.8, 4) is 6.07 Å². The molecule has 0 aromatic carbocycles. The van der Waals surface area contributed by atoms with Crippen molar-refractivity contribution in [2.45, 2.75) is 63.3 Å². The van der Waals surface area contributed by atoms with Crippen LogP contribution in [0.15, 0.2) is 17.5 Å². The summed E-state index contributed by atoms with van der Waals surface area (Å²) in [4.78, 5) is 18.7. The minimum atomic E-state index is -0.163. The number of carbonyl (C=O) groups is 1. The number of amides is 1. The number of hydrogen-bond acceptors (Lipinski definition) is 4. The zero-order valence-electron chi connectivity index (χ0n) is 16.7. The normalized spacial score (nSPS) is 32.0. The molecule has 146 valence electrons. The second-order valence-electron chi connectivity index (χ2n) is 9.36. The van der Waals surface area contributed by atoms with Gasteiger partial charge in [0.15, 0.2) is 0 Å². The first-order chi connectivity index (χ1) is 12.9. The van der Waals surface area contributed by atoms with Crippen LogP contribution in [0.25, 0.3) is 0 Å². The summed E-state index contributed by atoms with van der Waals surface area (Å²) in [5.74, 6) is 0.274. The van der Waals surface area contributed by atoms with Crippen molar-refractivity contribution in [2.24, 2.45) is 10.8 Å². The number of hydrogen-bond donors (Lipinski definition) is 0. The van der Waals surface area contributed by atoms with Crippen LogP contribution in [0.5, 0.6) is 0 Å². The summed E-state index contributed by atoms with van der Waals surface area (Å²) in [7, 11) is 4.43. The maximum Gasteiger partial charge on any atom is 0.222 e. The molecular weight excluding hydrogens is 354 g/mol. The predicted molar refractivity (Wildman–Crippen MR) is 108 cm³/mol. The van der Waals surface area contributed by atoms with Crippen LogP contribution in [0.4, 0.5) is 0 Å². The molecule has 2 aliphatic carbocycles. The zero-order chi connectivity index (χ0) is 19.1. The molecule has 0 unspecified atom stereocenters. The molecule has 0 bridgehead atoms. The van der Waals surface area contributed by atoms with E-state index in [1.165, 1.54) is 30.6 Å². The van der Waals surface area contributed by atoms with E-state index in [-0.39, 0.29) is 16.9 Å². The van der Waals surface area contributed by atoms with E-state index in [0.29, 0.717) is 11.8 Å². The number of thiophene rings is 1. The van der Waals surface area contributed by atoms with Gasteiger partial charge in [-0.05, 0) is 82.3 Å². The molecule has 1 aromatic rings. The summed E-state index contributed by atoms with van der Waals surface area (Å²) in [6.45, 7) is 1.84. The highest BCUT2D eigenvalue weighted by Gasteiger charge is 2.49. The molecule has 2 saturated carbocycles. The molecule has 4 nitrogen and oxygen atoms in total. The quantitative estimate of drug-likeness (QED) is 0.755. The molecule has 0 radical (unpaired) electrons. The highest BCUT2D eigenvalue weighted by molar-refractivity contribution is 7.10. The Morgan fingerprint density at radius 3 is 2.52 bits per heavy atom. The lowest BCUT2D eigenvalue weighted by atomic mass is 9.66. The van der Waals surface area contributed by atoms with Gasteiger partial charge >= 0.3 is 0 Å². The fraction of sp³-hybridized carbons (Fsp3) is 0.727. The SMILES string of the molecule is CN(C)C1(c2cccs2)CCC2(CCN(C(=O)CCC3(C#N)CC3)C2)CC1. The number of nitriles is 1. The summed E-state index contributed by atoms with van der Waals surface area (Å²) < 4.78 is 0. The maximum absolute atomic E-state index is 12.7. The Hall–Kier alpha value is -1.38. The number of likely N-dealkylation sites (tertiary alicyclic amines) is 1. The monoisotopic (exact) mass is 385 g/mol. The summed E-state index contributed by atoms with van der Waals surface area (Å²) in [6, 6.07) is 6.87. The van der Waals surface area contributed by atoms with Crippen LogP contribution in [0.2, 0.25) is 0 Å². The molecule has 1 aliphatic heterocycles. The Bertz CT molecular complexity index is 721. The molecule has 3 fully saturated rings. The smallest absolute Gasteiger partial charge is 0.222 e. The Balaban J connectivity index is 1.36. The third kappa shape index (κ3) is 3.43. The van der Waals surface area contributed by atoms with Gasteiger partial charge in [-0.3, -0.25) is 9.69 Å². The molecule has 1 saturated heterocycles. The largest absolute Gasteiger partial charge is 0.342 e. The predicted octanol–water partition coefficient (Wildman–Crippen LogP) is 4.38. The third-order valence-electron chi connectivity index (χ3n) is 7.67. The third-order valence-corrected chi connectivity index (χ3v) is 8.74. The van der Waals surface area contributed by atoms with Crippen LogP contribution in [-0.4, -0.2) is 42.9 Å². The minimum Gasteiger partial charge on any atom is -0.342 e. The van der Waals surface area contributed by atoms with Crippen LogP contribution in [0, 0.1) is 22.2 Å². The number of rotatable bonds is 5. The molecule has 1 aromatic heterocycles. The van der Waals surface area contributed by atoms with Gasteiger partial charge in [0.25, 0.3) is 0 Å². The molecule has 1 amide bonds. The van der Waals surface area contributed by atoms with Crippen LogP contribution < -0.4 is 0 Å². The lowest BCUT2D eigenvalue weighted by Crippen LogP contribution is -2.47. The summed E-state index contributed by atoms with van der Waals surface area (Å²) >= 11 is 1.88. The van der Waals surface area contributed by atoms with Crippen LogP contribution in [-0.2, 0) is 10.3 Å². The van der Waals surface area contributed by atoms with Crippen molar-refractivity contribution in [3.05, 3.63) is 22.4 Å². The minimum absolute atomic E-state index is 0.163. The van der Waals surface area contributed by atoms with E-state index in [9.17, 15) is 10.1 Å². The second kappa shape index (κ2) is 6.90. The summed E-state index contributed by atoms with van der Waals surface area (Å²) in [5, 5.41) is 11.4. The van der Waals surface area contributed by atoms with Gasteiger partial charge in [0.2, 0.25) is 5.91 Å². The van der Waals surface area contributed by atoms with Gasteiger partial charge in [0.05, 0.1) is 17.0 Å². The Morgan fingerprint density at radius 1 is 1.22 bits per heavy atom. The first-order valence-corrected chi connectivity index (χ1v) is 11.2. The average Bonchev–Trinajstić information content (AvgIpc) is 3.06. The molecule has 3 aliphatic rings. The Kier molecular flexibility index (Phi) is 4.84. The van der Waals surface area contributed by atoms with Crippen LogP contribution in [0.1, 0.15) is 62.7 Å². The maximum atomic E-state index is 12.7. The molecule has 0 N–H and O–H groups in total. The molecule has 1 spiro atoms. The van der Waals surface area contributed by atoms with Gasteiger partial charge in [0.1, 0.15) is 0 Å². The summed E-state index contributed by atoms with van der Waals surface area (Å²) in [5.41, 5.74) is 0.324. The summed E-state index contributed by atoms with van der Waals surface area (Å²) in [6.07, 6.45) is 9.20. The molecule has 4 rings (SSSR count).